The van der Waals surface area contributed by atoms with Crippen LogP contribution in [-0.4, -0.2) is 19.0 Å². The molecule has 0 aliphatic rings. The van der Waals surface area contributed by atoms with Gasteiger partial charge >= 0.3 is 0 Å². The van der Waals surface area contributed by atoms with Crippen LogP contribution in [-0.2, 0) is 11.2 Å². The first-order valence-corrected chi connectivity index (χ1v) is 6.79. The van der Waals surface area contributed by atoms with Crippen LogP contribution in [0.15, 0.2) is 30.3 Å². The molecule has 1 unspecified atom stereocenters. The second kappa shape index (κ2) is 8.70. The molecule has 0 bridgehead atoms. The molecule has 0 fully saturated rings. The Balaban J connectivity index is 2.38. The fourth-order valence-corrected chi connectivity index (χ4v) is 1.91. The van der Waals surface area contributed by atoms with Gasteiger partial charge in [0.15, 0.2) is 0 Å². The number of rotatable bonds is 8. The molecule has 18 heavy (non-hydrogen) atoms. The Kier molecular flexibility index (Phi) is 7.11. The fraction of sp³-hybridized carbons (Fsp3) is 0.533. The maximum Gasteiger partial charge on any atom is 0.224 e. The van der Waals surface area contributed by atoms with E-state index in [0.29, 0.717) is 6.54 Å². The van der Waals surface area contributed by atoms with Crippen molar-refractivity contribution in [3.05, 3.63) is 35.9 Å². The third-order valence-electron chi connectivity index (χ3n) is 3.06. The lowest BCUT2D eigenvalue weighted by molar-refractivity contribution is -0.124. The van der Waals surface area contributed by atoms with Crippen molar-refractivity contribution in [2.45, 2.75) is 32.6 Å². The average Bonchev–Trinajstić information content (AvgIpc) is 2.42. The molecule has 0 saturated heterocycles. The van der Waals surface area contributed by atoms with Crippen molar-refractivity contribution >= 4 is 5.91 Å². The number of carbonyl (C=O) groups is 1. The van der Waals surface area contributed by atoms with E-state index in [-0.39, 0.29) is 11.8 Å². The Morgan fingerprint density at radius 1 is 1.28 bits per heavy atom. The van der Waals surface area contributed by atoms with E-state index in [1.54, 1.807) is 0 Å². The van der Waals surface area contributed by atoms with Crippen LogP contribution in [0.1, 0.15) is 31.7 Å². The summed E-state index contributed by atoms with van der Waals surface area (Å²) in [7, 11) is 0. The minimum atomic E-state index is -0.117. The van der Waals surface area contributed by atoms with Gasteiger partial charge in [0.2, 0.25) is 5.91 Å². The van der Waals surface area contributed by atoms with E-state index in [1.165, 1.54) is 6.42 Å². The van der Waals surface area contributed by atoms with E-state index in [0.717, 1.165) is 31.4 Å². The summed E-state index contributed by atoms with van der Waals surface area (Å²) >= 11 is 0. The third-order valence-corrected chi connectivity index (χ3v) is 3.06. The predicted molar refractivity (Wildman–Crippen MR) is 75.2 cm³/mol. The van der Waals surface area contributed by atoms with Crippen molar-refractivity contribution in [3.63, 3.8) is 0 Å². The lowest BCUT2D eigenvalue weighted by atomic mass is 9.98. The second-order valence-corrected chi connectivity index (χ2v) is 4.62. The van der Waals surface area contributed by atoms with Gasteiger partial charge in [-0.2, -0.15) is 0 Å². The van der Waals surface area contributed by atoms with Crippen molar-refractivity contribution in [1.82, 2.24) is 5.32 Å². The molecule has 100 valence electrons. The number of nitrogens with one attached hydrogen (secondary N) is 1. The summed E-state index contributed by atoms with van der Waals surface area (Å²) in [5.74, 6) is -0.0357. The molecule has 0 saturated carbocycles. The van der Waals surface area contributed by atoms with Crippen LogP contribution < -0.4 is 11.1 Å². The molecule has 1 amide bonds. The number of hydrogen-bond acceptors (Lipinski definition) is 2. The summed E-state index contributed by atoms with van der Waals surface area (Å²) in [5, 5.41) is 2.97. The topological polar surface area (TPSA) is 55.1 Å². The van der Waals surface area contributed by atoms with Crippen molar-refractivity contribution in [1.29, 1.82) is 0 Å². The number of unbranched alkanes of at least 4 members (excludes halogenated alkanes) is 2. The molecule has 0 radical (unpaired) electrons. The highest BCUT2D eigenvalue weighted by molar-refractivity contribution is 5.79. The first-order valence-electron chi connectivity index (χ1n) is 6.79. The molecule has 1 atom stereocenters. The molecule has 0 heterocycles. The predicted octanol–water partition coefficient (Wildman–Crippen LogP) is 2.11. The SMILES string of the molecule is CCCCCNC(=O)C(CN)Cc1ccccc1. The monoisotopic (exact) mass is 248 g/mol. The van der Waals surface area contributed by atoms with Crippen LogP contribution in [0.2, 0.25) is 0 Å². The molecule has 3 heteroatoms. The van der Waals surface area contributed by atoms with Gasteiger partial charge in [-0.15, -0.1) is 0 Å². The molecular weight excluding hydrogens is 224 g/mol. The normalized spacial score (nSPS) is 12.1. The molecule has 3 nitrogen and oxygen atoms in total. The van der Waals surface area contributed by atoms with E-state index < -0.39 is 0 Å². The number of carbonyl (C=O) groups excluding carboxylic acids is 1. The second-order valence-electron chi connectivity index (χ2n) is 4.62. The average molecular weight is 248 g/mol. The van der Waals surface area contributed by atoms with Crippen LogP contribution in [0.25, 0.3) is 0 Å². The summed E-state index contributed by atoms with van der Waals surface area (Å²) in [5.41, 5.74) is 6.85. The van der Waals surface area contributed by atoms with Crippen LogP contribution in [0.4, 0.5) is 0 Å². The Labute approximate surface area is 110 Å². The number of hydrogen-bond donors (Lipinski definition) is 2. The minimum Gasteiger partial charge on any atom is -0.356 e. The maximum absolute atomic E-state index is 12.0. The lowest BCUT2D eigenvalue weighted by Gasteiger charge is -2.14. The molecule has 0 aliphatic heterocycles. The van der Waals surface area contributed by atoms with Gasteiger partial charge in [-0.25, -0.2) is 0 Å². The van der Waals surface area contributed by atoms with Gasteiger partial charge in [0.25, 0.3) is 0 Å². The zero-order chi connectivity index (χ0) is 13.2. The van der Waals surface area contributed by atoms with Crippen LogP contribution in [0, 0.1) is 5.92 Å². The summed E-state index contributed by atoms with van der Waals surface area (Å²) in [6, 6.07) is 10.0. The number of amides is 1. The van der Waals surface area contributed by atoms with E-state index >= 15 is 0 Å². The van der Waals surface area contributed by atoms with Crippen molar-refractivity contribution in [3.8, 4) is 0 Å². The number of nitrogens with two attached hydrogens (primary N) is 1. The summed E-state index contributed by atoms with van der Waals surface area (Å²) in [6.07, 6.45) is 4.09. The molecule has 0 spiro atoms. The lowest BCUT2D eigenvalue weighted by Crippen LogP contribution is -2.36. The van der Waals surface area contributed by atoms with Crippen LogP contribution >= 0.6 is 0 Å². The summed E-state index contributed by atoms with van der Waals surface area (Å²) < 4.78 is 0. The molecule has 0 aromatic heterocycles. The molecule has 3 N–H and O–H groups in total. The van der Waals surface area contributed by atoms with Gasteiger partial charge in [0.1, 0.15) is 0 Å². The standard InChI is InChI=1S/C15H24N2O/c1-2-3-7-10-17-15(18)14(12-16)11-13-8-5-4-6-9-13/h4-6,8-9,14H,2-3,7,10-12,16H2,1H3,(H,17,18). The molecular formula is C15H24N2O. The Morgan fingerprint density at radius 3 is 2.61 bits per heavy atom. The fourth-order valence-electron chi connectivity index (χ4n) is 1.91. The molecule has 0 aliphatic carbocycles. The van der Waals surface area contributed by atoms with Gasteiger partial charge in [0, 0.05) is 13.1 Å². The van der Waals surface area contributed by atoms with Gasteiger partial charge < -0.3 is 11.1 Å². The van der Waals surface area contributed by atoms with Gasteiger partial charge in [-0.05, 0) is 18.4 Å². The quantitative estimate of drug-likeness (QED) is 0.692. The van der Waals surface area contributed by atoms with Gasteiger partial charge in [-0.1, -0.05) is 50.1 Å². The smallest absolute Gasteiger partial charge is 0.224 e. The highest BCUT2D eigenvalue weighted by Gasteiger charge is 2.16. The Hall–Kier alpha value is -1.35. The van der Waals surface area contributed by atoms with E-state index in [2.05, 4.69) is 12.2 Å². The largest absolute Gasteiger partial charge is 0.356 e. The summed E-state index contributed by atoms with van der Waals surface area (Å²) in [6.45, 7) is 3.31. The van der Waals surface area contributed by atoms with Crippen LogP contribution in [0.3, 0.4) is 0 Å². The maximum atomic E-state index is 12.0. The zero-order valence-corrected chi connectivity index (χ0v) is 11.2. The van der Waals surface area contributed by atoms with E-state index in [4.69, 9.17) is 5.73 Å². The van der Waals surface area contributed by atoms with Crippen molar-refractivity contribution in [2.24, 2.45) is 11.7 Å². The Bertz CT molecular complexity index is 338. The van der Waals surface area contributed by atoms with Crippen LogP contribution in [0.5, 0.6) is 0 Å². The Morgan fingerprint density at radius 2 is 2.00 bits per heavy atom. The van der Waals surface area contributed by atoms with Gasteiger partial charge in [0.05, 0.1) is 5.92 Å². The summed E-state index contributed by atoms with van der Waals surface area (Å²) in [4.78, 5) is 12.0. The third kappa shape index (κ3) is 5.32. The molecule has 1 aromatic carbocycles. The van der Waals surface area contributed by atoms with Crippen molar-refractivity contribution in [2.75, 3.05) is 13.1 Å². The first-order chi connectivity index (χ1) is 8.77. The van der Waals surface area contributed by atoms with Crippen molar-refractivity contribution < 1.29 is 4.79 Å². The number of benzene rings is 1. The minimum absolute atomic E-state index is 0.0810. The van der Waals surface area contributed by atoms with Gasteiger partial charge in [-0.3, -0.25) is 4.79 Å². The molecule has 1 aromatic rings. The first kappa shape index (κ1) is 14.7. The molecule has 1 rings (SSSR count). The zero-order valence-electron chi connectivity index (χ0n) is 11.2. The van der Waals surface area contributed by atoms with E-state index in [1.807, 2.05) is 30.3 Å². The van der Waals surface area contributed by atoms with E-state index in [9.17, 15) is 4.79 Å². The highest BCUT2D eigenvalue weighted by atomic mass is 16.1. The highest BCUT2D eigenvalue weighted by Crippen LogP contribution is 2.08.